The van der Waals surface area contributed by atoms with E-state index in [1.165, 1.54) is 17.7 Å². The molecule has 0 radical (unpaired) electrons. The summed E-state index contributed by atoms with van der Waals surface area (Å²) >= 11 is 0. The summed E-state index contributed by atoms with van der Waals surface area (Å²) in [5.41, 5.74) is -2.79. The molecule has 0 saturated heterocycles. The molecule has 0 atom stereocenters. The molecule has 11 heteroatoms. The summed E-state index contributed by atoms with van der Waals surface area (Å²) in [6.07, 6.45) is 16.0. The Morgan fingerprint density at radius 3 is 2.26 bits per heavy atom. The first-order valence-corrected chi connectivity index (χ1v) is 13.9. The third kappa shape index (κ3) is 9.29. The van der Waals surface area contributed by atoms with Gasteiger partial charge in [-0.25, -0.2) is 9.97 Å². The average molecular weight is 553 g/mol. The Bertz CT molecular complexity index is 1190. The van der Waals surface area contributed by atoms with Crippen molar-refractivity contribution in [1.82, 2.24) is 14.9 Å². The highest BCUT2D eigenvalue weighted by Crippen LogP contribution is 2.28. The van der Waals surface area contributed by atoms with Crippen LogP contribution >= 0.6 is 0 Å². The molecule has 38 heavy (non-hydrogen) atoms. The van der Waals surface area contributed by atoms with Gasteiger partial charge in [-0.1, -0.05) is 49.8 Å². The Hall–Kier alpha value is -3.18. The van der Waals surface area contributed by atoms with Crippen molar-refractivity contribution in [1.29, 1.82) is 0 Å². The molecule has 0 spiro atoms. The van der Waals surface area contributed by atoms with Crippen molar-refractivity contribution in [2.75, 3.05) is 38.1 Å². The maximum atomic E-state index is 12.5. The third-order valence-electron chi connectivity index (χ3n) is 5.59. The van der Waals surface area contributed by atoms with Crippen LogP contribution in [0.5, 0.6) is 5.75 Å². The first kappa shape index (κ1) is 31.0. The Morgan fingerprint density at radius 1 is 1.00 bits per heavy atom. The number of alkyl halides is 3. The molecule has 1 aromatic heterocycles. The number of hydrogen-bond acceptors (Lipinski definition) is 7. The molecule has 0 saturated carbocycles. The summed E-state index contributed by atoms with van der Waals surface area (Å²) in [7, 11) is -3.62. The number of nitrogens with zero attached hydrogens (tertiary/aromatic N) is 4. The van der Waals surface area contributed by atoms with Crippen LogP contribution in [0.15, 0.2) is 72.6 Å². The van der Waals surface area contributed by atoms with Gasteiger partial charge < -0.3 is 14.0 Å². The largest absolute Gasteiger partial charge is 0.534 e. The smallest absolute Gasteiger partial charge is 0.376 e. The van der Waals surface area contributed by atoms with Gasteiger partial charge in [-0.05, 0) is 51.1 Å². The van der Waals surface area contributed by atoms with E-state index in [1.807, 2.05) is 13.8 Å². The van der Waals surface area contributed by atoms with Crippen LogP contribution in [0, 0.1) is 0 Å². The molecule has 0 N–H and O–H groups in total. The number of anilines is 1. The van der Waals surface area contributed by atoms with Crippen molar-refractivity contribution in [3.63, 3.8) is 0 Å². The predicted molar refractivity (Wildman–Crippen MR) is 145 cm³/mol. The van der Waals surface area contributed by atoms with Crippen molar-refractivity contribution in [2.24, 2.45) is 0 Å². The highest BCUT2D eigenvalue weighted by molar-refractivity contribution is 7.88. The van der Waals surface area contributed by atoms with Crippen molar-refractivity contribution in [3.8, 4) is 17.1 Å². The lowest BCUT2D eigenvalue weighted by Crippen LogP contribution is -2.33. The maximum absolute atomic E-state index is 12.5. The van der Waals surface area contributed by atoms with Gasteiger partial charge in [-0.15, -0.1) is 0 Å². The fraction of sp³-hybridized carbons (Fsp3) is 0.407. The molecule has 1 aliphatic carbocycles. The van der Waals surface area contributed by atoms with E-state index >= 15 is 0 Å². The van der Waals surface area contributed by atoms with E-state index in [0.717, 1.165) is 56.8 Å². The lowest BCUT2D eigenvalue weighted by Gasteiger charge is -2.26. The summed E-state index contributed by atoms with van der Waals surface area (Å²) in [6.45, 7) is 9.44. The van der Waals surface area contributed by atoms with Crippen LogP contribution in [0.3, 0.4) is 0 Å². The van der Waals surface area contributed by atoms with Crippen LogP contribution in [0.25, 0.3) is 11.4 Å². The number of halogens is 3. The summed E-state index contributed by atoms with van der Waals surface area (Å²) < 4.78 is 63.8. The minimum atomic E-state index is -5.72. The van der Waals surface area contributed by atoms with Gasteiger partial charge in [0.15, 0.2) is 5.82 Å². The van der Waals surface area contributed by atoms with E-state index in [1.54, 1.807) is 12.4 Å². The summed E-state index contributed by atoms with van der Waals surface area (Å²) in [6, 6.07) is 5.05. The van der Waals surface area contributed by atoms with Crippen LogP contribution in [0.2, 0.25) is 0 Å². The maximum Gasteiger partial charge on any atom is 0.534 e. The van der Waals surface area contributed by atoms with E-state index < -0.39 is 21.4 Å². The Balaban J connectivity index is 0.00000247. The standard InChI is InChI=1S/C25H29F3N4O3S.C2H6/c1-3-32(17-16-31(2)15-14-20-8-6-4-5-7-9-20)22-18-29-24(30-19-22)21-10-12-23(13-11-21)35-36(33,34)25(26,27)28;1-2/h4-6,8-13,18-19H,3,7,14-17H2,1-2H3;1-2H3. The average Bonchev–Trinajstić information content (AvgIpc) is 3.18. The number of benzene rings is 1. The van der Waals surface area contributed by atoms with Crippen molar-refractivity contribution >= 4 is 15.8 Å². The number of hydrogen-bond donors (Lipinski definition) is 0. The molecule has 0 fully saturated rings. The number of aromatic nitrogens is 2. The molecule has 0 unspecified atom stereocenters. The molecular weight excluding hydrogens is 517 g/mol. The molecule has 3 rings (SSSR count). The van der Waals surface area contributed by atoms with E-state index in [0.29, 0.717) is 11.4 Å². The van der Waals surface area contributed by atoms with Gasteiger partial charge in [-0.3, -0.25) is 0 Å². The molecule has 2 aromatic rings. The molecule has 208 valence electrons. The van der Waals surface area contributed by atoms with Gasteiger partial charge in [0.2, 0.25) is 0 Å². The van der Waals surface area contributed by atoms with Crippen molar-refractivity contribution < 1.29 is 25.8 Å². The SMILES string of the molecule is CC.CCN(CCN(C)CCC1=CCC=CC=C1)c1cnc(-c2ccc(OS(=O)(=O)C(F)(F)F)cc2)nc1. The van der Waals surface area contributed by atoms with Crippen LogP contribution < -0.4 is 9.08 Å². The molecule has 0 bridgehead atoms. The molecular formula is C27H35F3N4O3S. The van der Waals surface area contributed by atoms with Crippen LogP contribution in [-0.4, -0.2) is 62.0 Å². The van der Waals surface area contributed by atoms with E-state index in [-0.39, 0.29) is 0 Å². The van der Waals surface area contributed by atoms with E-state index in [2.05, 4.69) is 68.3 Å². The van der Waals surface area contributed by atoms with Gasteiger partial charge in [0.25, 0.3) is 0 Å². The third-order valence-corrected chi connectivity index (χ3v) is 6.57. The molecule has 0 amide bonds. The zero-order chi connectivity index (χ0) is 28.2. The zero-order valence-electron chi connectivity index (χ0n) is 22.1. The Labute approximate surface area is 223 Å². The highest BCUT2D eigenvalue weighted by Gasteiger charge is 2.48. The Kier molecular flexibility index (Phi) is 12.0. The number of rotatable bonds is 11. The first-order chi connectivity index (χ1) is 18.1. The lowest BCUT2D eigenvalue weighted by molar-refractivity contribution is -0.0500. The highest BCUT2D eigenvalue weighted by atomic mass is 32.2. The van der Waals surface area contributed by atoms with Crippen LogP contribution in [-0.2, 0) is 10.1 Å². The minimum absolute atomic E-state index is 0.358. The van der Waals surface area contributed by atoms with Gasteiger partial charge in [0.1, 0.15) is 5.75 Å². The summed E-state index contributed by atoms with van der Waals surface area (Å²) in [5.74, 6) is -0.0895. The predicted octanol–water partition coefficient (Wildman–Crippen LogP) is 5.99. The molecule has 1 heterocycles. The Morgan fingerprint density at radius 2 is 1.66 bits per heavy atom. The monoisotopic (exact) mass is 552 g/mol. The van der Waals surface area contributed by atoms with Gasteiger partial charge in [-0.2, -0.15) is 21.6 Å². The molecule has 0 aliphatic heterocycles. The molecule has 1 aromatic carbocycles. The lowest BCUT2D eigenvalue weighted by atomic mass is 10.1. The first-order valence-electron chi connectivity index (χ1n) is 12.5. The van der Waals surface area contributed by atoms with Gasteiger partial charge in [0, 0.05) is 31.7 Å². The summed E-state index contributed by atoms with van der Waals surface area (Å²) in [5, 5.41) is 0. The molecule has 1 aliphatic rings. The number of allylic oxidation sites excluding steroid dienone is 5. The quantitative estimate of drug-likeness (QED) is 0.250. The van der Waals surface area contributed by atoms with Crippen LogP contribution in [0.4, 0.5) is 18.9 Å². The fourth-order valence-corrected chi connectivity index (χ4v) is 3.93. The van der Waals surface area contributed by atoms with Gasteiger partial charge >= 0.3 is 15.6 Å². The second-order valence-corrected chi connectivity index (χ2v) is 9.75. The second-order valence-electron chi connectivity index (χ2n) is 8.21. The molecule has 7 nitrogen and oxygen atoms in total. The number of likely N-dealkylation sites (N-methyl/N-ethyl adjacent to an activating group) is 2. The summed E-state index contributed by atoms with van der Waals surface area (Å²) in [4.78, 5) is 13.2. The normalized spacial score (nSPS) is 13.4. The van der Waals surface area contributed by atoms with Crippen molar-refractivity contribution in [2.45, 2.75) is 39.1 Å². The van der Waals surface area contributed by atoms with Crippen LogP contribution in [0.1, 0.15) is 33.6 Å². The van der Waals surface area contributed by atoms with Crippen molar-refractivity contribution in [3.05, 3.63) is 72.6 Å². The minimum Gasteiger partial charge on any atom is -0.376 e. The van der Waals surface area contributed by atoms with E-state index in [4.69, 9.17) is 0 Å². The fourth-order valence-electron chi connectivity index (χ4n) is 3.47. The van der Waals surface area contributed by atoms with E-state index in [9.17, 15) is 21.6 Å². The topological polar surface area (TPSA) is 75.6 Å². The van der Waals surface area contributed by atoms with Gasteiger partial charge in [0.05, 0.1) is 18.1 Å². The zero-order valence-corrected chi connectivity index (χ0v) is 23.0. The second kappa shape index (κ2) is 14.7.